The lowest BCUT2D eigenvalue weighted by Gasteiger charge is -2.56. The molecule has 28 heavy (non-hydrogen) atoms. The number of thiocarbonyl (C=S) groups is 1. The van der Waals surface area contributed by atoms with E-state index in [0.717, 1.165) is 11.3 Å². The molecule has 1 amide bonds. The van der Waals surface area contributed by atoms with E-state index in [-0.39, 0.29) is 11.9 Å². The van der Waals surface area contributed by atoms with E-state index >= 15 is 0 Å². The van der Waals surface area contributed by atoms with Crippen molar-refractivity contribution in [2.45, 2.75) is 18.7 Å². The van der Waals surface area contributed by atoms with Gasteiger partial charge in [0.25, 0.3) is 0 Å². The summed E-state index contributed by atoms with van der Waals surface area (Å²) in [5.41, 5.74) is 0.708. The van der Waals surface area contributed by atoms with Crippen LogP contribution in [0.5, 0.6) is 11.5 Å². The average Bonchev–Trinajstić information content (AvgIpc) is 2.67. The standard InChI is InChI=1S/C21H23N3O3S/c1-21-16(19(25)23(2)3)17(14-11-8-12-15(26-4)18(14)27-21)22-20(28)24(21)13-9-6-5-7-10-13/h5-12,16-17H,1-4H3,(H,22,28)/t16-,17+,21+/m1/s1. The van der Waals surface area contributed by atoms with Crippen molar-refractivity contribution in [3.63, 3.8) is 0 Å². The predicted molar refractivity (Wildman–Crippen MR) is 112 cm³/mol. The summed E-state index contributed by atoms with van der Waals surface area (Å²) in [5, 5.41) is 3.91. The van der Waals surface area contributed by atoms with E-state index in [0.29, 0.717) is 16.6 Å². The van der Waals surface area contributed by atoms with E-state index in [1.807, 2.05) is 60.4 Å². The van der Waals surface area contributed by atoms with Gasteiger partial charge in [0.1, 0.15) is 5.92 Å². The Morgan fingerprint density at radius 2 is 1.93 bits per heavy atom. The van der Waals surface area contributed by atoms with Gasteiger partial charge in [-0.3, -0.25) is 9.69 Å². The van der Waals surface area contributed by atoms with Gasteiger partial charge in [0, 0.05) is 25.3 Å². The van der Waals surface area contributed by atoms with Crippen molar-refractivity contribution in [3.8, 4) is 11.5 Å². The van der Waals surface area contributed by atoms with E-state index in [1.165, 1.54) is 0 Å². The normalized spacial score (nSPS) is 25.3. The molecule has 2 heterocycles. The summed E-state index contributed by atoms with van der Waals surface area (Å²) in [7, 11) is 5.13. The lowest BCUT2D eigenvalue weighted by molar-refractivity contribution is -0.144. The second kappa shape index (κ2) is 6.67. The van der Waals surface area contributed by atoms with Crippen LogP contribution < -0.4 is 19.7 Å². The van der Waals surface area contributed by atoms with Crippen molar-refractivity contribution in [2.24, 2.45) is 5.92 Å². The summed E-state index contributed by atoms with van der Waals surface area (Å²) in [6.07, 6.45) is 0. The minimum atomic E-state index is -1.02. The Morgan fingerprint density at radius 1 is 1.21 bits per heavy atom. The predicted octanol–water partition coefficient (Wildman–Crippen LogP) is 2.94. The summed E-state index contributed by atoms with van der Waals surface area (Å²) < 4.78 is 12.1. The number of anilines is 1. The maximum absolute atomic E-state index is 13.3. The first-order chi connectivity index (χ1) is 13.4. The molecular formula is C21H23N3O3S. The molecule has 2 aliphatic rings. The van der Waals surface area contributed by atoms with Crippen molar-refractivity contribution < 1.29 is 14.3 Å². The highest BCUT2D eigenvalue weighted by Crippen LogP contribution is 2.52. The molecule has 2 aliphatic heterocycles. The molecule has 2 aromatic carbocycles. The smallest absolute Gasteiger partial charge is 0.233 e. The maximum Gasteiger partial charge on any atom is 0.233 e. The first-order valence-corrected chi connectivity index (χ1v) is 9.52. The Labute approximate surface area is 170 Å². The van der Waals surface area contributed by atoms with Crippen molar-refractivity contribution in [2.75, 3.05) is 26.1 Å². The Hall–Kier alpha value is -2.80. The highest BCUT2D eigenvalue weighted by Gasteiger charge is 2.59. The fourth-order valence-electron chi connectivity index (χ4n) is 4.15. The fraction of sp³-hybridized carbons (Fsp3) is 0.333. The van der Waals surface area contributed by atoms with Crippen LogP contribution in [0.2, 0.25) is 0 Å². The largest absolute Gasteiger partial charge is 0.493 e. The number of methoxy groups -OCH3 is 1. The minimum Gasteiger partial charge on any atom is -0.493 e. The number of carbonyl (C=O) groups is 1. The number of nitrogens with zero attached hydrogens (tertiary/aromatic N) is 2. The van der Waals surface area contributed by atoms with Gasteiger partial charge in [-0.15, -0.1) is 0 Å². The zero-order valence-corrected chi connectivity index (χ0v) is 17.1. The maximum atomic E-state index is 13.3. The molecule has 0 aromatic heterocycles. The molecule has 2 bridgehead atoms. The summed E-state index contributed by atoms with van der Waals surface area (Å²) in [5.74, 6) is 0.731. The van der Waals surface area contributed by atoms with E-state index in [1.54, 1.807) is 26.1 Å². The van der Waals surface area contributed by atoms with Gasteiger partial charge in [-0.1, -0.05) is 30.3 Å². The quantitative estimate of drug-likeness (QED) is 0.804. The van der Waals surface area contributed by atoms with Gasteiger partial charge in [0.2, 0.25) is 5.91 Å². The number of rotatable bonds is 3. The molecule has 0 saturated carbocycles. The lowest BCUT2D eigenvalue weighted by atomic mass is 9.78. The summed E-state index contributed by atoms with van der Waals surface area (Å²) in [6.45, 7) is 1.92. The molecule has 0 aliphatic carbocycles. The van der Waals surface area contributed by atoms with E-state index in [4.69, 9.17) is 21.7 Å². The summed E-state index contributed by atoms with van der Waals surface area (Å²) in [4.78, 5) is 16.8. The van der Waals surface area contributed by atoms with Crippen LogP contribution >= 0.6 is 12.2 Å². The van der Waals surface area contributed by atoms with Crippen LogP contribution in [-0.2, 0) is 4.79 Å². The van der Waals surface area contributed by atoms with Crippen molar-refractivity contribution in [1.29, 1.82) is 0 Å². The molecular weight excluding hydrogens is 374 g/mol. The van der Waals surface area contributed by atoms with Crippen molar-refractivity contribution in [3.05, 3.63) is 54.1 Å². The van der Waals surface area contributed by atoms with Gasteiger partial charge in [0.15, 0.2) is 22.3 Å². The zero-order valence-electron chi connectivity index (χ0n) is 16.3. The SMILES string of the molecule is COc1cccc2c1O[C@@]1(C)[C@@H](C(=O)N(C)C)[C@H]2NC(=S)N1c1ccccc1. The molecule has 2 aromatic rings. The molecule has 4 rings (SSSR count). The molecule has 1 saturated heterocycles. The second-order valence-electron chi connectivity index (χ2n) is 7.34. The number of hydrogen-bond donors (Lipinski definition) is 1. The Kier molecular flexibility index (Phi) is 4.42. The highest BCUT2D eigenvalue weighted by atomic mass is 32.1. The number of nitrogens with one attached hydrogen (secondary N) is 1. The number of carbonyl (C=O) groups excluding carboxylic acids is 1. The number of amides is 1. The van der Waals surface area contributed by atoms with Gasteiger partial charge in [-0.05, 0) is 37.3 Å². The lowest BCUT2D eigenvalue weighted by Crippen LogP contribution is -2.72. The molecule has 0 spiro atoms. The van der Waals surface area contributed by atoms with Gasteiger partial charge >= 0.3 is 0 Å². The first-order valence-electron chi connectivity index (χ1n) is 9.11. The number of hydrogen-bond acceptors (Lipinski definition) is 4. The van der Waals surface area contributed by atoms with Gasteiger partial charge in [0.05, 0.1) is 13.2 Å². The van der Waals surface area contributed by atoms with E-state index in [9.17, 15) is 4.79 Å². The number of para-hydroxylation sites is 2. The first kappa shape index (κ1) is 18.6. The van der Waals surface area contributed by atoms with Crippen LogP contribution in [0.1, 0.15) is 18.5 Å². The average molecular weight is 398 g/mol. The molecule has 0 radical (unpaired) electrons. The van der Waals surface area contributed by atoms with Crippen molar-refractivity contribution >= 4 is 28.9 Å². The van der Waals surface area contributed by atoms with Crippen LogP contribution in [0, 0.1) is 5.92 Å². The third-order valence-electron chi connectivity index (χ3n) is 5.43. The topological polar surface area (TPSA) is 54.0 Å². The van der Waals surface area contributed by atoms with E-state index < -0.39 is 11.6 Å². The van der Waals surface area contributed by atoms with Gasteiger partial charge in [-0.25, -0.2) is 0 Å². The molecule has 0 unspecified atom stereocenters. The Bertz CT molecular complexity index is 934. The number of fused-ring (bicyclic) bond motifs is 4. The van der Waals surface area contributed by atoms with Gasteiger partial charge < -0.3 is 19.7 Å². The summed E-state index contributed by atoms with van der Waals surface area (Å²) in [6, 6.07) is 15.1. The number of ether oxygens (including phenoxy) is 2. The second-order valence-corrected chi connectivity index (χ2v) is 7.73. The molecule has 6 nitrogen and oxygen atoms in total. The zero-order chi connectivity index (χ0) is 20.1. The fourth-order valence-corrected chi connectivity index (χ4v) is 4.57. The summed E-state index contributed by atoms with van der Waals surface area (Å²) >= 11 is 5.71. The van der Waals surface area contributed by atoms with Crippen LogP contribution in [0.15, 0.2) is 48.5 Å². The number of benzene rings is 2. The van der Waals surface area contributed by atoms with Crippen LogP contribution in [0.4, 0.5) is 5.69 Å². The Balaban J connectivity index is 1.95. The molecule has 1 N–H and O–H groups in total. The van der Waals surface area contributed by atoms with Crippen LogP contribution in [-0.4, -0.2) is 42.8 Å². The molecule has 7 heteroatoms. The third kappa shape index (κ3) is 2.61. The van der Waals surface area contributed by atoms with Crippen molar-refractivity contribution in [1.82, 2.24) is 10.2 Å². The monoisotopic (exact) mass is 397 g/mol. The minimum absolute atomic E-state index is 0.0306. The highest BCUT2D eigenvalue weighted by molar-refractivity contribution is 7.80. The van der Waals surface area contributed by atoms with E-state index in [2.05, 4.69) is 5.32 Å². The van der Waals surface area contributed by atoms with Crippen LogP contribution in [0.3, 0.4) is 0 Å². The molecule has 3 atom stereocenters. The molecule has 146 valence electrons. The van der Waals surface area contributed by atoms with Gasteiger partial charge in [-0.2, -0.15) is 0 Å². The third-order valence-corrected chi connectivity index (χ3v) is 5.73. The van der Waals surface area contributed by atoms with Crippen LogP contribution in [0.25, 0.3) is 0 Å². The Morgan fingerprint density at radius 3 is 2.57 bits per heavy atom. The molecule has 1 fully saturated rings.